The molecule has 0 aromatic heterocycles. The van der Waals surface area contributed by atoms with Crippen LogP contribution in [0.3, 0.4) is 0 Å². The lowest BCUT2D eigenvalue weighted by molar-refractivity contribution is 0.0956. The highest BCUT2D eigenvalue weighted by atomic mass is 16.2. The van der Waals surface area contributed by atoms with Crippen LogP contribution in [0.4, 0.5) is 0 Å². The number of hydrazone groups is 1. The summed E-state index contributed by atoms with van der Waals surface area (Å²) < 4.78 is 0. The summed E-state index contributed by atoms with van der Waals surface area (Å²) in [5.41, 5.74) is 4.24. The number of rotatable bonds is 4. The van der Waals surface area contributed by atoms with E-state index in [9.17, 15) is 4.79 Å². The molecular weight excluding hydrogens is 248 g/mol. The number of fused-ring (bicyclic) bond motifs is 1. The molecule has 0 radical (unpaired) electrons. The zero-order valence-corrected chi connectivity index (χ0v) is 12.2. The van der Waals surface area contributed by atoms with Crippen molar-refractivity contribution in [3.63, 3.8) is 0 Å². The van der Waals surface area contributed by atoms with E-state index in [0.717, 1.165) is 22.9 Å². The van der Waals surface area contributed by atoms with E-state index in [0.29, 0.717) is 11.5 Å². The molecule has 2 aromatic rings. The fourth-order valence-corrected chi connectivity index (χ4v) is 2.27. The minimum absolute atomic E-state index is 0.162. The maximum absolute atomic E-state index is 12.2. The molecule has 0 aliphatic carbocycles. The van der Waals surface area contributed by atoms with Crippen molar-refractivity contribution in [2.45, 2.75) is 27.2 Å². The van der Waals surface area contributed by atoms with Crippen molar-refractivity contribution in [1.29, 1.82) is 0 Å². The molecule has 104 valence electrons. The van der Waals surface area contributed by atoms with Crippen molar-refractivity contribution in [3.05, 3.63) is 48.0 Å². The van der Waals surface area contributed by atoms with Gasteiger partial charge in [-0.3, -0.25) is 4.79 Å². The quantitative estimate of drug-likeness (QED) is 0.661. The van der Waals surface area contributed by atoms with E-state index < -0.39 is 0 Å². The second-order valence-corrected chi connectivity index (χ2v) is 5.41. The van der Waals surface area contributed by atoms with E-state index in [4.69, 9.17) is 0 Å². The summed E-state index contributed by atoms with van der Waals surface area (Å²) in [5, 5.41) is 6.17. The van der Waals surface area contributed by atoms with Gasteiger partial charge in [-0.2, -0.15) is 5.10 Å². The molecule has 0 heterocycles. The molecule has 0 bridgehead atoms. The van der Waals surface area contributed by atoms with Crippen molar-refractivity contribution in [3.8, 4) is 0 Å². The van der Waals surface area contributed by atoms with Gasteiger partial charge in [0.05, 0.1) is 0 Å². The van der Waals surface area contributed by atoms with Crippen LogP contribution in [0.5, 0.6) is 0 Å². The van der Waals surface area contributed by atoms with Gasteiger partial charge in [0, 0.05) is 11.3 Å². The Bertz CT molecular complexity index is 639. The van der Waals surface area contributed by atoms with Crippen LogP contribution in [0.2, 0.25) is 0 Å². The Morgan fingerprint density at radius 3 is 2.60 bits per heavy atom. The lowest BCUT2D eigenvalue weighted by atomic mass is 10.0. The molecule has 0 aliphatic heterocycles. The Morgan fingerprint density at radius 1 is 1.15 bits per heavy atom. The maximum Gasteiger partial charge on any atom is 0.271 e. The van der Waals surface area contributed by atoms with Gasteiger partial charge < -0.3 is 0 Å². The van der Waals surface area contributed by atoms with Crippen molar-refractivity contribution >= 4 is 22.4 Å². The number of amides is 1. The standard InChI is InChI=1S/C17H20N2O/c1-12(2)11-13(3)18-19-17(20)16-10-6-8-14-7-4-5-9-15(14)16/h4-10,12H,11H2,1-3H3,(H,19,20). The van der Waals surface area contributed by atoms with Crippen LogP contribution in [0.1, 0.15) is 37.6 Å². The van der Waals surface area contributed by atoms with Gasteiger partial charge in [-0.05, 0) is 36.1 Å². The van der Waals surface area contributed by atoms with Crippen LogP contribution < -0.4 is 5.43 Å². The number of hydrogen-bond acceptors (Lipinski definition) is 2. The zero-order chi connectivity index (χ0) is 14.5. The van der Waals surface area contributed by atoms with E-state index in [2.05, 4.69) is 24.4 Å². The van der Waals surface area contributed by atoms with E-state index in [1.807, 2.05) is 49.4 Å². The van der Waals surface area contributed by atoms with Gasteiger partial charge in [-0.25, -0.2) is 5.43 Å². The summed E-state index contributed by atoms with van der Waals surface area (Å²) in [5.74, 6) is 0.373. The van der Waals surface area contributed by atoms with Gasteiger partial charge in [0.25, 0.3) is 5.91 Å². The first-order chi connectivity index (χ1) is 9.58. The minimum Gasteiger partial charge on any atom is -0.267 e. The molecule has 2 rings (SSSR count). The van der Waals surface area contributed by atoms with Crippen LogP contribution >= 0.6 is 0 Å². The topological polar surface area (TPSA) is 41.5 Å². The Balaban J connectivity index is 2.20. The first-order valence-corrected chi connectivity index (χ1v) is 6.89. The van der Waals surface area contributed by atoms with Crippen LogP contribution in [-0.2, 0) is 0 Å². The first-order valence-electron chi connectivity index (χ1n) is 6.89. The molecule has 1 N–H and O–H groups in total. The Morgan fingerprint density at radius 2 is 1.85 bits per heavy atom. The third-order valence-electron chi connectivity index (χ3n) is 3.09. The largest absolute Gasteiger partial charge is 0.271 e. The Kier molecular flexibility index (Phi) is 4.51. The van der Waals surface area contributed by atoms with Gasteiger partial charge in [0.15, 0.2) is 0 Å². The maximum atomic E-state index is 12.2. The lowest BCUT2D eigenvalue weighted by Gasteiger charge is -2.07. The fraction of sp³-hybridized carbons (Fsp3) is 0.294. The molecule has 3 nitrogen and oxygen atoms in total. The normalized spacial score (nSPS) is 11.9. The van der Waals surface area contributed by atoms with Gasteiger partial charge in [-0.15, -0.1) is 0 Å². The molecule has 0 saturated heterocycles. The average molecular weight is 268 g/mol. The average Bonchev–Trinajstić information content (AvgIpc) is 2.43. The van der Waals surface area contributed by atoms with E-state index >= 15 is 0 Å². The highest BCUT2D eigenvalue weighted by Gasteiger charge is 2.08. The molecular formula is C17H20N2O. The van der Waals surface area contributed by atoms with Crippen molar-refractivity contribution in [2.75, 3.05) is 0 Å². The molecule has 0 fully saturated rings. The van der Waals surface area contributed by atoms with Crippen molar-refractivity contribution in [2.24, 2.45) is 11.0 Å². The molecule has 0 spiro atoms. The summed E-state index contributed by atoms with van der Waals surface area (Å²) in [4.78, 5) is 12.2. The Hall–Kier alpha value is -2.16. The van der Waals surface area contributed by atoms with Crippen LogP contribution in [0.15, 0.2) is 47.6 Å². The number of benzene rings is 2. The van der Waals surface area contributed by atoms with Crippen LogP contribution in [-0.4, -0.2) is 11.6 Å². The monoisotopic (exact) mass is 268 g/mol. The van der Waals surface area contributed by atoms with E-state index in [-0.39, 0.29) is 5.91 Å². The van der Waals surface area contributed by atoms with E-state index in [1.165, 1.54) is 0 Å². The predicted molar refractivity (Wildman–Crippen MR) is 84.0 cm³/mol. The molecule has 2 aromatic carbocycles. The van der Waals surface area contributed by atoms with Crippen LogP contribution in [0.25, 0.3) is 10.8 Å². The third kappa shape index (κ3) is 3.44. The summed E-state index contributed by atoms with van der Waals surface area (Å²) in [6, 6.07) is 13.6. The van der Waals surface area contributed by atoms with Gasteiger partial charge in [-0.1, -0.05) is 50.2 Å². The molecule has 0 aliphatic rings. The highest BCUT2D eigenvalue weighted by molar-refractivity contribution is 6.07. The lowest BCUT2D eigenvalue weighted by Crippen LogP contribution is -2.19. The van der Waals surface area contributed by atoms with Gasteiger partial charge in [0.2, 0.25) is 0 Å². The summed E-state index contributed by atoms with van der Waals surface area (Å²) in [7, 11) is 0. The summed E-state index contributed by atoms with van der Waals surface area (Å²) in [6.45, 7) is 6.19. The van der Waals surface area contributed by atoms with E-state index in [1.54, 1.807) is 0 Å². The second kappa shape index (κ2) is 6.33. The van der Waals surface area contributed by atoms with Crippen molar-refractivity contribution < 1.29 is 4.79 Å². The molecule has 0 unspecified atom stereocenters. The fourth-order valence-electron chi connectivity index (χ4n) is 2.27. The molecule has 0 saturated carbocycles. The first kappa shape index (κ1) is 14.3. The predicted octanol–water partition coefficient (Wildman–Crippen LogP) is 3.99. The second-order valence-electron chi connectivity index (χ2n) is 5.41. The van der Waals surface area contributed by atoms with Crippen molar-refractivity contribution in [1.82, 2.24) is 5.43 Å². The summed E-state index contributed by atoms with van der Waals surface area (Å²) >= 11 is 0. The smallest absolute Gasteiger partial charge is 0.267 e. The minimum atomic E-state index is -0.162. The number of carbonyl (C=O) groups is 1. The molecule has 20 heavy (non-hydrogen) atoms. The molecule has 0 atom stereocenters. The molecule has 3 heteroatoms. The summed E-state index contributed by atoms with van der Waals surface area (Å²) in [6.07, 6.45) is 0.885. The number of carbonyl (C=O) groups excluding carboxylic acids is 1. The number of nitrogens with zero attached hydrogens (tertiary/aromatic N) is 1. The number of hydrogen-bond donors (Lipinski definition) is 1. The van der Waals surface area contributed by atoms with Gasteiger partial charge in [0.1, 0.15) is 0 Å². The Labute approximate surface area is 119 Å². The SMILES string of the molecule is CC(CC(C)C)=NNC(=O)c1cccc2ccccc12. The van der Waals surface area contributed by atoms with Gasteiger partial charge >= 0.3 is 0 Å². The zero-order valence-electron chi connectivity index (χ0n) is 12.2. The third-order valence-corrected chi connectivity index (χ3v) is 3.09. The number of nitrogens with one attached hydrogen (secondary N) is 1. The highest BCUT2D eigenvalue weighted by Crippen LogP contribution is 2.18. The molecule has 1 amide bonds. The van der Waals surface area contributed by atoms with Crippen LogP contribution in [0, 0.1) is 5.92 Å².